The number of benzene rings is 8. The summed E-state index contributed by atoms with van der Waals surface area (Å²) in [5.41, 5.74) is 20.2. The van der Waals surface area contributed by atoms with Gasteiger partial charge in [0.25, 0.3) is 23.0 Å². The Morgan fingerprint density at radius 1 is 0.521 bits per heavy atom. The number of ketones is 1. The van der Waals surface area contributed by atoms with Gasteiger partial charge in [-0.15, -0.1) is 0 Å². The van der Waals surface area contributed by atoms with Gasteiger partial charge in [-0.25, -0.2) is 27.1 Å². The minimum absolute atomic E-state index is 0. The van der Waals surface area contributed by atoms with Crippen LogP contribution in [0.2, 0.25) is 24.9 Å². The Hall–Kier alpha value is -7.13. The number of amides is 7. The molecule has 142 heavy (non-hydrogen) atoms. The smallest absolute Gasteiger partial charge is 0.870 e. The fraction of sp³-hybridized carbons (Fsp3) is 0.303. The van der Waals surface area contributed by atoms with Crippen LogP contribution in [0.5, 0.6) is 0 Å². The van der Waals surface area contributed by atoms with E-state index in [1.54, 1.807) is 28.7 Å². The number of aromatic amines is 1. The number of halogens is 7. The molecule has 8 aromatic carbocycles. The molecule has 7 aliphatic heterocycles. The Morgan fingerprint density at radius 2 is 0.993 bits per heavy atom. The molecule has 19 rings (SSSR count). The van der Waals surface area contributed by atoms with E-state index in [2.05, 4.69) is 181 Å². The van der Waals surface area contributed by atoms with Crippen LogP contribution in [0.15, 0.2) is 207 Å². The Balaban J connectivity index is 0.000000219. The average molecular weight is 2450 g/mol. The number of aryl methyl sites for hydroxylation is 1. The van der Waals surface area contributed by atoms with Crippen molar-refractivity contribution in [3.63, 3.8) is 0 Å². The molecule has 43 heteroatoms. The predicted octanol–water partition coefficient (Wildman–Crippen LogP) is 7.29. The average Bonchev–Trinajstić information content (AvgIpc) is 1.62. The molecule has 742 valence electrons. The maximum atomic E-state index is 12.8. The van der Waals surface area contributed by atoms with Crippen molar-refractivity contribution in [2.24, 2.45) is 27.1 Å². The topological polar surface area (TPSA) is 520 Å². The molecule has 3 fully saturated rings. The van der Waals surface area contributed by atoms with Crippen molar-refractivity contribution < 1.29 is 198 Å². The van der Waals surface area contributed by atoms with Crippen LogP contribution in [-0.4, -0.2) is 179 Å². The molecule has 3 aliphatic carbocycles. The summed E-state index contributed by atoms with van der Waals surface area (Å²) in [5, 5.41) is 47.0. The van der Waals surface area contributed by atoms with Crippen LogP contribution in [0, 0.1) is 18.8 Å². The van der Waals surface area contributed by atoms with Crippen LogP contribution in [0.4, 0.5) is 0 Å². The van der Waals surface area contributed by atoms with E-state index in [-0.39, 0.29) is 180 Å². The van der Waals surface area contributed by atoms with E-state index in [0.29, 0.717) is 74.5 Å². The number of rotatable bonds is 11. The molecule has 8 heterocycles. The third kappa shape index (κ3) is 34.5. The van der Waals surface area contributed by atoms with Crippen molar-refractivity contribution in [3.8, 4) is 0 Å². The summed E-state index contributed by atoms with van der Waals surface area (Å²) >= 11 is 28.4. The van der Waals surface area contributed by atoms with Crippen LogP contribution in [0.1, 0.15) is 158 Å². The molecule has 0 saturated carbocycles. The minimum atomic E-state index is -4.05. The first-order valence-corrected chi connectivity index (χ1v) is 61.6. The van der Waals surface area contributed by atoms with Gasteiger partial charge in [-0.2, -0.15) is 0 Å². The number of aromatic nitrogens is 1. The maximum Gasteiger partial charge on any atom is 1.00 e. The number of carbonyl (C=O) groups excluding carboxylic acids is 11. The van der Waals surface area contributed by atoms with Crippen molar-refractivity contribution in [2.45, 2.75) is 135 Å². The third-order valence-corrected chi connectivity index (χ3v) is 34.0. The number of carboxylic acids is 2. The van der Waals surface area contributed by atoms with E-state index in [0.717, 1.165) is 161 Å². The molecule has 9 aromatic rings. The van der Waals surface area contributed by atoms with Crippen LogP contribution < -0.4 is 159 Å². The molecule has 3 saturated heterocycles. The Labute approximate surface area is 960 Å². The number of ether oxygens (including phenoxy) is 1. The quantitative estimate of drug-likeness (QED) is 0.0199. The number of sulfonamides is 2. The second-order valence-corrected chi connectivity index (χ2v) is 56.3. The Bertz CT molecular complexity index is 6700. The molecule has 14 N–H and O–H groups in total. The van der Waals surface area contributed by atoms with Crippen molar-refractivity contribution >= 4 is 244 Å². The number of aliphatic imine (C=N–C) groups is 1. The molecular weight excluding hydrogens is 2350 g/mol. The molecule has 1 aromatic heterocycles. The third-order valence-electron chi connectivity index (χ3n) is 23.0. The second kappa shape index (κ2) is 56.9. The number of nitrogens with one attached hydrogen (secondary N) is 8. The Kier molecular flexibility index (Phi) is 48.8. The van der Waals surface area contributed by atoms with Gasteiger partial charge < -0.3 is 62.1 Å². The molecule has 10 aliphatic rings. The van der Waals surface area contributed by atoms with Crippen molar-refractivity contribution in [2.75, 3.05) is 52.4 Å². The summed E-state index contributed by atoms with van der Waals surface area (Å²) in [6.07, 6.45) is 10.4. The van der Waals surface area contributed by atoms with Crippen LogP contribution in [0.3, 0.4) is 0 Å². The number of piperidine rings is 3. The van der Waals surface area contributed by atoms with Crippen LogP contribution in [-0.2, 0) is 100 Å². The number of nitrogens with two attached hydrogens (primary N) is 2. The van der Waals surface area contributed by atoms with E-state index in [1.165, 1.54) is 79.9 Å². The van der Waals surface area contributed by atoms with E-state index >= 15 is 0 Å². The van der Waals surface area contributed by atoms with Gasteiger partial charge in [-0.3, -0.25) is 52.9 Å². The summed E-state index contributed by atoms with van der Waals surface area (Å²) in [6, 6.07) is 48.2. The molecule has 0 bridgehead atoms. The zero-order valence-corrected chi connectivity index (χ0v) is 98.4. The largest absolute Gasteiger partial charge is 1.00 e. The van der Waals surface area contributed by atoms with Gasteiger partial charge in [0.2, 0.25) is 43.7 Å². The zero-order chi connectivity index (χ0) is 101. The number of fused-ring (bicyclic) bond motifs is 9. The summed E-state index contributed by atoms with van der Waals surface area (Å²) < 4.78 is 55.9. The maximum absolute atomic E-state index is 12.8. The number of aliphatic carboxylic acids is 2. The van der Waals surface area contributed by atoms with Gasteiger partial charge in [0.05, 0.1) is 40.8 Å². The summed E-state index contributed by atoms with van der Waals surface area (Å²) in [7, 11) is -7.98. The number of hydrogen-bond acceptors (Lipinski definition) is 20. The van der Waals surface area contributed by atoms with E-state index in [1.807, 2.05) is 54.6 Å². The number of carbonyl (C=O) groups is 12. The first kappa shape index (κ1) is 122. The van der Waals surface area contributed by atoms with Gasteiger partial charge in [0, 0.05) is 116 Å². The van der Waals surface area contributed by atoms with Gasteiger partial charge in [-0.1, -0.05) is 147 Å². The molecule has 0 radical (unpaired) electrons. The summed E-state index contributed by atoms with van der Waals surface area (Å²) in [4.78, 5) is 148. The Morgan fingerprint density at radius 3 is 1.51 bits per heavy atom. The summed E-state index contributed by atoms with van der Waals surface area (Å²) in [5.74, 6) is -4.78. The first-order valence-electron chi connectivity index (χ1n) is 44.3. The normalized spacial score (nSPS) is 16.6. The van der Waals surface area contributed by atoms with Crippen molar-refractivity contribution in [1.82, 2.24) is 42.2 Å². The van der Waals surface area contributed by atoms with E-state index in [9.17, 15) is 74.7 Å². The molecule has 2 unspecified atom stereocenters. The first-order chi connectivity index (χ1) is 65.8. The predicted molar refractivity (Wildman–Crippen MR) is 551 cm³/mol. The fourth-order valence-corrected chi connectivity index (χ4v) is 23.9. The van der Waals surface area contributed by atoms with Gasteiger partial charge in [0.15, 0.2) is 5.78 Å². The summed E-state index contributed by atoms with van der Waals surface area (Å²) in [6.45, 7) is 10.7. The minimum Gasteiger partial charge on any atom is -0.870 e. The zero-order valence-electron chi connectivity index (χ0n) is 79.0. The van der Waals surface area contributed by atoms with Gasteiger partial charge in [0.1, 0.15) is 21.4 Å². The number of carboxylic acid groups (broad SMARTS) is 2. The second-order valence-electron chi connectivity index (χ2n) is 34.0. The number of esters is 1. The molecule has 31 nitrogen and oxygen atoms in total. The van der Waals surface area contributed by atoms with Crippen LogP contribution >= 0.6 is 98.5 Å². The molecular formula is C99H104Br4Cl3K2N11O20S2Sn. The monoisotopic (exact) mass is 2450 g/mol. The number of H-pyrrole nitrogens is 1. The molecule has 7 amide bonds. The fourth-order valence-electron chi connectivity index (χ4n) is 16.2. The van der Waals surface area contributed by atoms with Crippen molar-refractivity contribution in [3.05, 3.63) is 275 Å². The van der Waals surface area contributed by atoms with E-state index < -0.39 is 79.3 Å². The van der Waals surface area contributed by atoms with Gasteiger partial charge >= 0.3 is 221 Å². The van der Waals surface area contributed by atoms with Crippen LogP contribution in [0.25, 0.3) is 27.6 Å². The number of primary sulfonamides is 2. The molecule has 0 spiro atoms. The van der Waals surface area contributed by atoms with E-state index in [4.69, 9.17) is 59.7 Å². The standard InChI is InChI=1S/C18H14ClN3O4S.C12H13BrN2O.2C12H10BrNO.C12H10NO.C8H13NO3.C7H7Br.C7H5Cl2NO3S.C6H9NO3.C2H4O2.3CH3.2K.H2O.Sn/c19-13-4-2-10(8-15(13)27(20,25)26)17(23)9-1-3-11-12-5-6-21-18(24)16(12)22-14(11)7-9;13-10-4-1-3-9(7-10)8-15-11-5-2-6-14-12(11)16;13-8-1-2-9-7(5-8)6-11-10(9)3-4-14-12(11)15;13-10-3-1-2-7-6-9-8(11(7)10)4-5-14-12(9)15;14-12-11-7-8-3-1-2-4-9(8)10(11)5-6-13-12;1-2-12-8(11)6-4-3-5-9-7(6)10;1-6-3-2-4-7(8)5-6;8-5-2-1-4(7(9)11)3-6(5)14(10,12)13;8-5-4(6(9)10)2-1-3-7-5;1-2(3)4;;;;;;;/h1-4,7-8,22H,5-6H2,(H,21,24)(H2,20,25,26);1,3-4,7H,2,5-6,8H2,(H,14,16);1-2,5H,3-4,6H2,(H,14,15);1-3H,4-6H2,(H,14,15);2-4H,5-7H2,(H,13,14);6H,2-5H2,1H3,(H,9,10);2-5H,1H3;1-3H,(H2,10,12,13);4H,1-3H2,(H,7,8)(H,9,10);1H3,(H,3,4);3*1H3;;;1H2;/q;;;;;;;;;;;;;2*+1;;/p-2. The van der Waals surface area contributed by atoms with Gasteiger partial charge in [-0.05, 0) is 213 Å². The molecule has 2 atom stereocenters. The van der Waals surface area contributed by atoms with Crippen molar-refractivity contribution in [1.29, 1.82) is 0 Å². The SMILES string of the molecule is CC(=O)O.CCOC(=O)C1CCCNC1=O.Cc1cccc(Br)c1.NS(=O)(=O)c1cc(C(=O)Cl)ccc1Cl.NS(=O)(=O)c1cc(C(=O)c2ccc3c4c([nH]c3c2)C(=O)NCC4)ccc1Cl.O=C([O-])C1CCCNC1=O.O=C1NCCC2=C1Cc1cc(Br)ccc12.O=C1NCCC2=C1Cc1cccc(Br)c12.O=C1NCCCC1=NCc1cccc(Br)c1.[CH3][Sn]([CH3])([CH3])[c]1ccc2c(c1)CC1=C2CCNC1=O.[K+].[K+].[OH-]. The number of nitrogens with zero attached hydrogens (tertiary/aromatic N) is 1. The number of hydrogen-bond donors (Lipinski definition) is 11.